The second kappa shape index (κ2) is 4.21. The van der Waals surface area contributed by atoms with Crippen molar-refractivity contribution in [3.63, 3.8) is 0 Å². The maximum atomic E-state index is 6.36. The fourth-order valence-corrected chi connectivity index (χ4v) is 2.76. The number of nitrogens with zero attached hydrogens (tertiary/aromatic N) is 2. The highest BCUT2D eigenvalue weighted by Gasteiger charge is 2.40. The molecule has 0 amide bonds. The highest BCUT2D eigenvalue weighted by Crippen LogP contribution is 2.42. The number of aromatic nitrogens is 2. The summed E-state index contributed by atoms with van der Waals surface area (Å²) in [6, 6.07) is 0.691. The summed E-state index contributed by atoms with van der Waals surface area (Å²) < 4.78 is 2.31. The minimum atomic E-state index is 0.248. The highest BCUT2D eigenvalue weighted by atomic mass is 15.1. The van der Waals surface area contributed by atoms with E-state index in [4.69, 9.17) is 5.73 Å². The van der Waals surface area contributed by atoms with Gasteiger partial charge in [0, 0.05) is 24.9 Å². The number of hydrogen-bond donors (Lipinski definition) is 1. The second-order valence-corrected chi connectivity index (χ2v) is 5.62. The SMILES string of the molecule is CCCc1nccn1C1CCC(C)(C)C1N. The molecule has 2 unspecified atom stereocenters. The van der Waals surface area contributed by atoms with Gasteiger partial charge in [-0.15, -0.1) is 0 Å². The van der Waals surface area contributed by atoms with Gasteiger partial charge in [-0.05, 0) is 24.7 Å². The van der Waals surface area contributed by atoms with Crippen LogP contribution in [0.15, 0.2) is 12.4 Å². The van der Waals surface area contributed by atoms with E-state index in [1.54, 1.807) is 0 Å². The average Bonchev–Trinajstić information content (AvgIpc) is 2.75. The van der Waals surface area contributed by atoms with Gasteiger partial charge in [0.15, 0.2) is 0 Å². The van der Waals surface area contributed by atoms with Crippen LogP contribution >= 0.6 is 0 Å². The zero-order valence-corrected chi connectivity index (χ0v) is 10.6. The molecule has 2 N–H and O–H groups in total. The van der Waals surface area contributed by atoms with E-state index in [0.717, 1.165) is 12.8 Å². The summed E-state index contributed by atoms with van der Waals surface area (Å²) >= 11 is 0. The Kier molecular flexibility index (Phi) is 3.06. The van der Waals surface area contributed by atoms with Gasteiger partial charge in [-0.2, -0.15) is 0 Å². The number of hydrogen-bond acceptors (Lipinski definition) is 2. The largest absolute Gasteiger partial charge is 0.330 e. The van der Waals surface area contributed by atoms with Crippen LogP contribution in [0.1, 0.15) is 51.9 Å². The van der Waals surface area contributed by atoms with Crippen molar-refractivity contribution in [2.45, 2.75) is 58.5 Å². The molecule has 90 valence electrons. The van der Waals surface area contributed by atoms with Crippen molar-refractivity contribution in [2.24, 2.45) is 11.1 Å². The third-order valence-corrected chi connectivity index (χ3v) is 3.98. The third-order valence-electron chi connectivity index (χ3n) is 3.98. The lowest BCUT2D eigenvalue weighted by atomic mass is 9.87. The number of nitrogens with two attached hydrogens (primary N) is 1. The van der Waals surface area contributed by atoms with Gasteiger partial charge in [-0.25, -0.2) is 4.98 Å². The third kappa shape index (κ3) is 1.88. The van der Waals surface area contributed by atoms with E-state index < -0.39 is 0 Å². The summed E-state index contributed by atoms with van der Waals surface area (Å²) in [5, 5.41) is 0. The van der Waals surface area contributed by atoms with Crippen molar-refractivity contribution in [3.8, 4) is 0 Å². The van der Waals surface area contributed by atoms with Crippen LogP contribution < -0.4 is 5.73 Å². The van der Waals surface area contributed by atoms with E-state index in [1.807, 2.05) is 6.20 Å². The van der Waals surface area contributed by atoms with E-state index in [1.165, 1.54) is 18.7 Å². The summed E-state index contributed by atoms with van der Waals surface area (Å²) in [6.07, 6.45) is 8.59. The van der Waals surface area contributed by atoms with Crippen LogP contribution in [0.2, 0.25) is 0 Å². The molecule has 2 rings (SSSR count). The zero-order chi connectivity index (χ0) is 11.8. The molecule has 1 fully saturated rings. The molecule has 3 nitrogen and oxygen atoms in total. The molecule has 0 aromatic carbocycles. The molecule has 3 heteroatoms. The van der Waals surface area contributed by atoms with E-state index in [9.17, 15) is 0 Å². The van der Waals surface area contributed by atoms with Crippen LogP contribution in [0, 0.1) is 5.41 Å². The van der Waals surface area contributed by atoms with E-state index in [-0.39, 0.29) is 11.5 Å². The molecule has 1 heterocycles. The molecule has 0 spiro atoms. The smallest absolute Gasteiger partial charge is 0.108 e. The predicted octanol–water partition coefficient (Wildman–Crippen LogP) is 2.52. The molecule has 0 radical (unpaired) electrons. The Labute approximate surface area is 98.1 Å². The van der Waals surface area contributed by atoms with Gasteiger partial charge in [0.2, 0.25) is 0 Å². The lowest BCUT2D eigenvalue weighted by Crippen LogP contribution is -2.38. The van der Waals surface area contributed by atoms with Crippen molar-refractivity contribution in [1.82, 2.24) is 9.55 Å². The highest BCUT2D eigenvalue weighted by molar-refractivity contribution is 5.04. The van der Waals surface area contributed by atoms with E-state index >= 15 is 0 Å². The van der Waals surface area contributed by atoms with Gasteiger partial charge >= 0.3 is 0 Å². The molecule has 1 saturated carbocycles. The molecule has 2 atom stereocenters. The Morgan fingerprint density at radius 2 is 2.31 bits per heavy atom. The Bertz CT molecular complexity index is 354. The van der Waals surface area contributed by atoms with Crippen LogP contribution in [0.5, 0.6) is 0 Å². The van der Waals surface area contributed by atoms with E-state index in [2.05, 4.69) is 36.5 Å². The minimum absolute atomic E-state index is 0.248. The standard InChI is InChI=1S/C13H23N3/c1-4-5-11-15-8-9-16(11)10-6-7-13(2,3)12(10)14/h8-10,12H,4-7,14H2,1-3H3. The molecule has 1 aliphatic rings. The molecule has 1 aromatic heterocycles. The first-order valence-electron chi connectivity index (χ1n) is 6.33. The quantitative estimate of drug-likeness (QED) is 0.852. The molecular weight excluding hydrogens is 198 g/mol. The first kappa shape index (κ1) is 11.6. The molecule has 0 bridgehead atoms. The van der Waals surface area contributed by atoms with Crippen molar-refractivity contribution in [2.75, 3.05) is 0 Å². The molecule has 1 aromatic rings. The summed E-state index contributed by atoms with van der Waals surface area (Å²) in [5.74, 6) is 1.20. The fourth-order valence-electron chi connectivity index (χ4n) is 2.76. The first-order valence-corrected chi connectivity index (χ1v) is 6.33. The van der Waals surface area contributed by atoms with Crippen molar-refractivity contribution in [3.05, 3.63) is 18.2 Å². The van der Waals surface area contributed by atoms with Crippen molar-refractivity contribution in [1.29, 1.82) is 0 Å². The molecule has 0 saturated heterocycles. The Balaban J connectivity index is 2.22. The Morgan fingerprint density at radius 1 is 1.56 bits per heavy atom. The topological polar surface area (TPSA) is 43.8 Å². The summed E-state index contributed by atoms with van der Waals surface area (Å²) in [7, 11) is 0. The van der Waals surface area contributed by atoms with Gasteiger partial charge in [-0.3, -0.25) is 0 Å². The zero-order valence-electron chi connectivity index (χ0n) is 10.6. The molecule has 0 aliphatic heterocycles. The fraction of sp³-hybridized carbons (Fsp3) is 0.769. The number of imidazole rings is 1. The monoisotopic (exact) mass is 221 g/mol. The van der Waals surface area contributed by atoms with Gasteiger partial charge in [0.05, 0.1) is 6.04 Å². The van der Waals surface area contributed by atoms with Gasteiger partial charge in [0.1, 0.15) is 5.82 Å². The van der Waals surface area contributed by atoms with Crippen molar-refractivity contribution >= 4 is 0 Å². The van der Waals surface area contributed by atoms with Crippen LogP contribution in [0.25, 0.3) is 0 Å². The van der Waals surface area contributed by atoms with Crippen molar-refractivity contribution < 1.29 is 0 Å². The van der Waals surface area contributed by atoms with Crippen LogP contribution in [0.3, 0.4) is 0 Å². The van der Waals surface area contributed by atoms with Gasteiger partial charge < -0.3 is 10.3 Å². The second-order valence-electron chi connectivity index (χ2n) is 5.62. The Hall–Kier alpha value is -0.830. The number of aryl methyl sites for hydroxylation is 1. The molecular formula is C13H23N3. The first-order chi connectivity index (χ1) is 7.56. The summed E-state index contributed by atoms with van der Waals surface area (Å²) in [6.45, 7) is 6.74. The van der Waals surface area contributed by atoms with E-state index in [0.29, 0.717) is 6.04 Å². The lowest BCUT2D eigenvalue weighted by Gasteiger charge is -2.28. The maximum Gasteiger partial charge on any atom is 0.108 e. The molecule has 1 aliphatic carbocycles. The van der Waals surface area contributed by atoms with Crippen LogP contribution in [0.4, 0.5) is 0 Å². The predicted molar refractivity (Wildman–Crippen MR) is 66.2 cm³/mol. The average molecular weight is 221 g/mol. The summed E-state index contributed by atoms with van der Waals surface area (Å²) in [4.78, 5) is 4.44. The normalized spacial score (nSPS) is 28.5. The van der Waals surface area contributed by atoms with Crippen LogP contribution in [-0.2, 0) is 6.42 Å². The minimum Gasteiger partial charge on any atom is -0.330 e. The van der Waals surface area contributed by atoms with Gasteiger partial charge in [0.25, 0.3) is 0 Å². The number of rotatable bonds is 3. The summed E-state index contributed by atoms with van der Waals surface area (Å²) in [5.41, 5.74) is 6.63. The maximum absolute atomic E-state index is 6.36. The van der Waals surface area contributed by atoms with Crippen LogP contribution in [-0.4, -0.2) is 15.6 Å². The lowest BCUT2D eigenvalue weighted by molar-refractivity contribution is 0.297. The Morgan fingerprint density at radius 3 is 2.88 bits per heavy atom. The molecule has 16 heavy (non-hydrogen) atoms. The van der Waals surface area contributed by atoms with Gasteiger partial charge in [-0.1, -0.05) is 20.8 Å².